The predicted molar refractivity (Wildman–Crippen MR) is 120 cm³/mol. The highest BCUT2D eigenvalue weighted by atomic mass is 19.1. The zero-order valence-corrected chi connectivity index (χ0v) is 18.4. The number of benzene rings is 2. The van der Waals surface area contributed by atoms with Gasteiger partial charge in [-0.2, -0.15) is 0 Å². The van der Waals surface area contributed by atoms with Gasteiger partial charge in [0.15, 0.2) is 11.6 Å². The van der Waals surface area contributed by atoms with Gasteiger partial charge in [-0.3, -0.25) is 19.9 Å². The summed E-state index contributed by atoms with van der Waals surface area (Å²) in [7, 11) is 1.40. The van der Waals surface area contributed by atoms with Gasteiger partial charge < -0.3 is 9.84 Å². The maximum atomic E-state index is 14.2. The van der Waals surface area contributed by atoms with Gasteiger partial charge in [0, 0.05) is 16.7 Å². The molecule has 0 spiro atoms. The van der Waals surface area contributed by atoms with Crippen LogP contribution in [0.3, 0.4) is 0 Å². The maximum absolute atomic E-state index is 14.2. The van der Waals surface area contributed by atoms with E-state index in [4.69, 9.17) is 9.57 Å². The first-order valence-electron chi connectivity index (χ1n) is 10.8. The summed E-state index contributed by atoms with van der Waals surface area (Å²) in [5, 5.41) is 22.3. The molecule has 1 saturated carbocycles. The number of carbonyl (C=O) groups excluding carboxylic acids is 1. The minimum atomic E-state index is -0.511. The van der Waals surface area contributed by atoms with Crippen LogP contribution < -0.4 is 4.74 Å². The summed E-state index contributed by atoms with van der Waals surface area (Å²) < 4.78 is 19.2. The number of aliphatic hydroxyl groups excluding tert-OH is 1. The Morgan fingerprint density at radius 2 is 2.06 bits per heavy atom. The van der Waals surface area contributed by atoms with Crippen molar-refractivity contribution in [2.24, 2.45) is 5.92 Å². The number of halogens is 1. The Hall–Kier alpha value is -3.20. The van der Waals surface area contributed by atoms with Crippen LogP contribution in [0, 0.1) is 11.7 Å². The zero-order valence-electron chi connectivity index (χ0n) is 18.4. The molecule has 1 fully saturated rings. The van der Waals surface area contributed by atoms with E-state index in [0.717, 1.165) is 17.9 Å². The lowest BCUT2D eigenvalue weighted by Gasteiger charge is -2.26. The van der Waals surface area contributed by atoms with Gasteiger partial charge in [-0.05, 0) is 48.6 Å². The van der Waals surface area contributed by atoms with Gasteiger partial charge in [-0.1, -0.05) is 30.4 Å². The summed E-state index contributed by atoms with van der Waals surface area (Å²) in [5.74, 6) is -0.334. The minimum Gasteiger partial charge on any atom is -0.494 e. The van der Waals surface area contributed by atoms with Crippen molar-refractivity contribution >= 4 is 11.6 Å². The fraction of sp³-hybridized carbons (Fsp3) is 0.320. The second-order valence-corrected chi connectivity index (χ2v) is 8.15. The first-order valence-corrected chi connectivity index (χ1v) is 10.8. The van der Waals surface area contributed by atoms with Crippen LogP contribution in [0.1, 0.15) is 34.3 Å². The van der Waals surface area contributed by atoms with E-state index in [0.29, 0.717) is 40.5 Å². The molecule has 7 nitrogen and oxygen atoms in total. The molecule has 174 valence electrons. The number of nitrogens with zero attached hydrogens (tertiary/aromatic N) is 2. The number of ether oxygens (including phenoxy) is 1. The quantitative estimate of drug-likeness (QED) is 0.561. The van der Waals surface area contributed by atoms with Crippen molar-refractivity contribution in [1.29, 1.82) is 0 Å². The van der Waals surface area contributed by atoms with E-state index in [1.807, 2.05) is 0 Å². The van der Waals surface area contributed by atoms with Crippen LogP contribution in [0.2, 0.25) is 0 Å². The molecule has 0 atom stereocenters. The molecule has 4 rings (SSSR count). The third kappa shape index (κ3) is 5.42. The van der Waals surface area contributed by atoms with Crippen molar-refractivity contribution in [1.82, 2.24) is 10.1 Å². The molecule has 2 N–H and O–H groups in total. The van der Waals surface area contributed by atoms with E-state index >= 15 is 0 Å². The van der Waals surface area contributed by atoms with Gasteiger partial charge >= 0.3 is 0 Å². The number of methoxy groups -OCH3 is 1. The van der Waals surface area contributed by atoms with Crippen LogP contribution >= 0.6 is 0 Å². The average molecular weight is 454 g/mol. The fourth-order valence-electron chi connectivity index (χ4n) is 3.67. The number of aliphatic hydroxyl groups is 1. The van der Waals surface area contributed by atoms with Gasteiger partial charge in [0.1, 0.15) is 0 Å². The van der Waals surface area contributed by atoms with E-state index < -0.39 is 5.82 Å². The lowest BCUT2D eigenvalue weighted by molar-refractivity contribution is -0.133. The van der Waals surface area contributed by atoms with Crippen molar-refractivity contribution in [3.8, 4) is 5.75 Å². The van der Waals surface area contributed by atoms with E-state index in [-0.39, 0.29) is 31.4 Å². The summed E-state index contributed by atoms with van der Waals surface area (Å²) in [6.45, 7) is 0.507. The standard InChI is InChI=1S/C25H27FN2O5/c1-32-23-10-9-18(12-22(23)26)14-28(33-16-17-7-8-17)25(30)20-5-2-4-19(13-20)24-21(15-29)6-3-11-27(24)31/h2-6,9-10,12-13,17,29,31H,7-8,11,14-16H2,1H3. The summed E-state index contributed by atoms with van der Waals surface area (Å²) in [6, 6.07) is 11.3. The van der Waals surface area contributed by atoms with Crippen molar-refractivity contribution in [2.45, 2.75) is 19.4 Å². The van der Waals surface area contributed by atoms with Gasteiger partial charge in [0.05, 0.1) is 39.1 Å². The first kappa shape index (κ1) is 23.0. The lowest BCUT2D eigenvalue weighted by atomic mass is 10.0. The van der Waals surface area contributed by atoms with E-state index in [1.165, 1.54) is 24.3 Å². The normalized spacial score (nSPS) is 15.7. The molecule has 1 amide bonds. The molecule has 1 heterocycles. The highest BCUT2D eigenvalue weighted by Crippen LogP contribution is 2.30. The Bertz CT molecular complexity index is 1080. The highest BCUT2D eigenvalue weighted by Gasteiger charge is 2.26. The van der Waals surface area contributed by atoms with Crippen LogP contribution in [-0.2, 0) is 11.4 Å². The smallest absolute Gasteiger partial charge is 0.277 e. The lowest BCUT2D eigenvalue weighted by Crippen LogP contribution is -2.32. The molecule has 1 aliphatic carbocycles. The molecule has 8 heteroatoms. The Balaban J connectivity index is 1.60. The molecule has 0 unspecified atom stereocenters. The topological polar surface area (TPSA) is 82.5 Å². The van der Waals surface area contributed by atoms with Crippen LogP contribution in [0.15, 0.2) is 60.2 Å². The Labute approximate surface area is 191 Å². The van der Waals surface area contributed by atoms with E-state index in [1.54, 1.807) is 42.5 Å². The summed E-state index contributed by atoms with van der Waals surface area (Å²) in [6.07, 6.45) is 5.62. The Morgan fingerprint density at radius 1 is 1.24 bits per heavy atom. The molecular formula is C25H27FN2O5. The Morgan fingerprint density at radius 3 is 2.76 bits per heavy atom. The largest absolute Gasteiger partial charge is 0.494 e. The van der Waals surface area contributed by atoms with Gasteiger partial charge in [0.2, 0.25) is 0 Å². The number of hydrogen-bond acceptors (Lipinski definition) is 6. The summed E-state index contributed by atoms with van der Waals surface area (Å²) in [5.41, 5.74) is 2.50. The predicted octanol–water partition coefficient (Wildman–Crippen LogP) is 3.78. The number of hydrogen-bond donors (Lipinski definition) is 2. The third-order valence-electron chi connectivity index (χ3n) is 5.64. The second-order valence-electron chi connectivity index (χ2n) is 8.15. The number of rotatable bonds is 9. The van der Waals surface area contributed by atoms with Crippen molar-refractivity contribution in [3.63, 3.8) is 0 Å². The molecule has 0 saturated heterocycles. The molecular weight excluding hydrogens is 427 g/mol. The number of hydroxylamine groups is 4. The molecule has 2 aliphatic rings. The van der Waals surface area contributed by atoms with Gasteiger partial charge in [-0.25, -0.2) is 9.45 Å². The van der Waals surface area contributed by atoms with Crippen molar-refractivity contribution in [3.05, 3.63) is 82.7 Å². The number of amides is 1. The zero-order chi connectivity index (χ0) is 23.4. The Kier molecular flexibility index (Phi) is 7.08. The van der Waals surface area contributed by atoms with Crippen LogP contribution in [0.25, 0.3) is 5.70 Å². The summed E-state index contributed by atoms with van der Waals surface area (Å²) >= 11 is 0. The molecule has 1 aliphatic heterocycles. The van der Waals surface area contributed by atoms with E-state index in [9.17, 15) is 19.5 Å². The first-order chi connectivity index (χ1) is 16.0. The van der Waals surface area contributed by atoms with Crippen molar-refractivity contribution in [2.75, 3.05) is 26.9 Å². The molecule has 2 aromatic rings. The number of carbonyl (C=O) groups is 1. The minimum absolute atomic E-state index is 0.0656. The highest BCUT2D eigenvalue weighted by molar-refractivity contribution is 5.94. The molecule has 2 aromatic carbocycles. The summed E-state index contributed by atoms with van der Waals surface area (Å²) in [4.78, 5) is 19.2. The van der Waals surface area contributed by atoms with Crippen LogP contribution in [0.5, 0.6) is 5.75 Å². The fourth-order valence-corrected chi connectivity index (χ4v) is 3.67. The second kappa shape index (κ2) is 10.2. The monoisotopic (exact) mass is 454 g/mol. The SMILES string of the molecule is COc1ccc(CN(OCC2CC2)C(=O)c2cccc(C3=C(CO)C=CCN3O)c2)cc1F. The van der Waals surface area contributed by atoms with Crippen LogP contribution in [-0.4, -0.2) is 53.2 Å². The van der Waals surface area contributed by atoms with Gasteiger partial charge in [-0.15, -0.1) is 0 Å². The molecule has 0 aromatic heterocycles. The van der Waals surface area contributed by atoms with Crippen LogP contribution in [0.4, 0.5) is 4.39 Å². The van der Waals surface area contributed by atoms with Gasteiger partial charge in [0.25, 0.3) is 5.91 Å². The van der Waals surface area contributed by atoms with Crippen molar-refractivity contribution < 1.29 is 29.1 Å². The third-order valence-corrected chi connectivity index (χ3v) is 5.64. The maximum Gasteiger partial charge on any atom is 0.277 e. The molecule has 33 heavy (non-hydrogen) atoms. The molecule has 0 radical (unpaired) electrons. The molecule has 0 bridgehead atoms. The average Bonchev–Trinajstić information content (AvgIpc) is 3.66. The van der Waals surface area contributed by atoms with E-state index in [2.05, 4.69) is 0 Å².